The Morgan fingerprint density at radius 1 is 1.44 bits per heavy atom. The second-order valence-electron chi connectivity index (χ2n) is 4.00. The molecule has 0 spiro atoms. The Bertz CT molecular complexity index is 189. The first kappa shape index (κ1) is 15.4. The van der Waals surface area contributed by atoms with Crippen molar-refractivity contribution in [3.8, 4) is 12.3 Å². The Morgan fingerprint density at radius 2 is 2.19 bits per heavy atom. The highest BCUT2D eigenvalue weighted by Crippen LogP contribution is 1.97. The highest BCUT2D eigenvalue weighted by atomic mass is 16.5. The number of aliphatic hydroxyl groups is 1. The number of aliphatic hydroxyl groups excluding tert-OH is 1. The molecule has 2 N–H and O–H groups in total. The largest absolute Gasteiger partial charge is 0.389 e. The van der Waals surface area contributed by atoms with Crippen LogP contribution in [-0.2, 0) is 4.74 Å². The van der Waals surface area contributed by atoms with Crippen LogP contribution >= 0.6 is 0 Å². The fraction of sp³-hybridized carbons (Fsp3) is 0.846. The van der Waals surface area contributed by atoms with Crippen LogP contribution in [0.2, 0.25) is 0 Å². The molecule has 94 valence electrons. The lowest BCUT2D eigenvalue weighted by atomic mass is 10.1. The van der Waals surface area contributed by atoms with Gasteiger partial charge in [0.1, 0.15) is 0 Å². The molecule has 0 aromatic heterocycles. The fourth-order valence-electron chi connectivity index (χ4n) is 1.33. The SMILES string of the molecule is C#CCC(CC)NCC(O)COCCCC. The van der Waals surface area contributed by atoms with E-state index in [1.54, 1.807) is 0 Å². The lowest BCUT2D eigenvalue weighted by Gasteiger charge is -2.17. The molecular weight excluding hydrogens is 202 g/mol. The average molecular weight is 227 g/mol. The molecule has 0 aliphatic heterocycles. The Balaban J connectivity index is 3.48. The summed E-state index contributed by atoms with van der Waals surface area (Å²) in [5.74, 6) is 2.63. The number of rotatable bonds is 10. The molecule has 0 amide bonds. The molecule has 0 rings (SSSR count). The van der Waals surface area contributed by atoms with Gasteiger partial charge in [0.25, 0.3) is 0 Å². The molecular formula is C13H25NO2. The van der Waals surface area contributed by atoms with E-state index in [2.05, 4.69) is 25.1 Å². The number of nitrogens with one attached hydrogen (secondary N) is 1. The van der Waals surface area contributed by atoms with Gasteiger partial charge in [-0.15, -0.1) is 12.3 Å². The molecule has 3 heteroatoms. The minimum Gasteiger partial charge on any atom is -0.389 e. The Morgan fingerprint density at radius 3 is 2.75 bits per heavy atom. The molecule has 0 aromatic rings. The van der Waals surface area contributed by atoms with E-state index in [1.165, 1.54) is 0 Å². The molecule has 0 fully saturated rings. The molecule has 0 aliphatic rings. The summed E-state index contributed by atoms with van der Waals surface area (Å²) in [6.45, 7) is 5.88. The maximum atomic E-state index is 9.62. The fourth-order valence-corrected chi connectivity index (χ4v) is 1.33. The van der Waals surface area contributed by atoms with Gasteiger partial charge < -0.3 is 15.2 Å². The first-order chi connectivity index (χ1) is 7.74. The molecule has 2 unspecified atom stereocenters. The van der Waals surface area contributed by atoms with E-state index in [9.17, 15) is 5.11 Å². The zero-order valence-electron chi connectivity index (χ0n) is 10.5. The van der Waals surface area contributed by atoms with E-state index in [4.69, 9.17) is 11.2 Å². The topological polar surface area (TPSA) is 41.5 Å². The zero-order valence-corrected chi connectivity index (χ0v) is 10.5. The summed E-state index contributed by atoms with van der Waals surface area (Å²) >= 11 is 0. The van der Waals surface area contributed by atoms with Crippen LogP contribution < -0.4 is 5.32 Å². The standard InChI is InChI=1S/C13H25NO2/c1-4-7-9-16-11-13(15)10-14-12(6-3)8-5-2/h2,12-15H,4,6-11H2,1,3H3. The molecule has 0 saturated heterocycles. The first-order valence-electron chi connectivity index (χ1n) is 6.17. The lowest BCUT2D eigenvalue weighted by Crippen LogP contribution is -2.37. The van der Waals surface area contributed by atoms with E-state index in [0.29, 0.717) is 25.6 Å². The van der Waals surface area contributed by atoms with Crippen LogP contribution in [0.5, 0.6) is 0 Å². The summed E-state index contributed by atoms with van der Waals surface area (Å²) in [5.41, 5.74) is 0. The second kappa shape index (κ2) is 10.9. The van der Waals surface area contributed by atoms with Gasteiger partial charge in [0, 0.05) is 25.6 Å². The summed E-state index contributed by atoms with van der Waals surface area (Å²) < 4.78 is 5.33. The van der Waals surface area contributed by atoms with Crippen molar-refractivity contribution in [2.45, 2.75) is 51.7 Å². The summed E-state index contributed by atoms with van der Waals surface area (Å²) in [5, 5.41) is 12.9. The van der Waals surface area contributed by atoms with Gasteiger partial charge in [-0.05, 0) is 12.8 Å². The summed E-state index contributed by atoms with van der Waals surface area (Å²) in [4.78, 5) is 0. The van der Waals surface area contributed by atoms with Crippen LogP contribution in [0.4, 0.5) is 0 Å². The summed E-state index contributed by atoms with van der Waals surface area (Å²) in [6, 6.07) is 0.301. The van der Waals surface area contributed by atoms with Crippen molar-refractivity contribution in [3.63, 3.8) is 0 Å². The highest BCUT2D eigenvalue weighted by Gasteiger charge is 2.08. The zero-order chi connectivity index (χ0) is 12.2. The van der Waals surface area contributed by atoms with Crippen molar-refractivity contribution in [2.24, 2.45) is 0 Å². The second-order valence-corrected chi connectivity index (χ2v) is 4.00. The van der Waals surface area contributed by atoms with Gasteiger partial charge in [0.15, 0.2) is 0 Å². The predicted molar refractivity (Wildman–Crippen MR) is 67.3 cm³/mol. The first-order valence-corrected chi connectivity index (χ1v) is 6.17. The van der Waals surface area contributed by atoms with Crippen molar-refractivity contribution >= 4 is 0 Å². The van der Waals surface area contributed by atoms with Crippen molar-refractivity contribution < 1.29 is 9.84 Å². The third-order valence-electron chi connectivity index (χ3n) is 2.45. The molecule has 0 heterocycles. The van der Waals surface area contributed by atoms with E-state index >= 15 is 0 Å². The van der Waals surface area contributed by atoms with E-state index in [0.717, 1.165) is 25.9 Å². The normalized spacial score (nSPS) is 14.4. The highest BCUT2D eigenvalue weighted by molar-refractivity contribution is 4.89. The summed E-state index contributed by atoms with van der Waals surface area (Å²) in [6.07, 6.45) is 8.66. The van der Waals surface area contributed by atoms with Crippen LogP contribution in [0.3, 0.4) is 0 Å². The Hall–Kier alpha value is -0.560. The molecule has 0 radical (unpaired) electrons. The van der Waals surface area contributed by atoms with Gasteiger partial charge in [-0.1, -0.05) is 20.3 Å². The van der Waals surface area contributed by atoms with E-state index in [-0.39, 0.29) is 0 Å². The lowest BCUT2D eigenvalue weighted by molar-refractivity contribution is 0.0346. The molecule has 0 aliphatic carbocycles. The number of hydrogen-bond acceptors (Lipinski definition) is 3. The Labute approximate surface area is 99.6 Å². The molecule has 0 saturated carbocycles. The molecule has 16 heavy (non-hydrogen) atoms. The number of ether oxygens (including phenoxy) is 1. The molecule has 0 aromatic carbocycles. The maximum absolute atomic E-state index is 9.62. The van der Waals surface area contributed by atoms with Crippen LogP contribution in [0.15, 0.2) is 0 Å². The van der Waals surface area contributed by atoms with Gasteiger partial charge in [-0.25, -0.2) is 0 Å². The van der Waals surface area contributed by atoms with Crippen LogP contribution in [0, 0.1) is 12.3 Å². The van der Waals surface area contributed by atoms with Crippen molar-refractivity contribution in [2.75, 3.05) is 19.8 Å². The predicted octanol–water partition coefficient (Wildman–Crippen LogP) is 1.56. The average Bonchev–Trinajstić information content (AvgIpc) is 2.30. The van der Waals surface area contributed by atoms with E-state index in [1.807, 2.05) is 0 Å². The smallest absolute Gasteiger partial charge is 0.0897 e. The maximum Gasteiger partial charge on any atom is 0.0897 e. The molecule has 2 atom stereocenters. The van der Waals surface area contributed by atoms with Gasteiger partial charge >= 0.3 is 0 Å². The molecule has 0 bridgehead atoms. The van der Waals surface area contributed by atoms with E-state index < -0.39 is 6.10 Å². The van der Waals surface area contributed by atoms with Crippen molar-refractivity contribution in [1.82, 2.24) is 5.32 Å². The van der Waals surface area contributed by atoms with Crippen LogP contribution in [0.25, 0.3) is 0 Å². The minimum absolute atomic E-state index is 0.301. The van der Waals surface area contributed by atoms with Gasteiger partial charge in [0.05, 0.1) is 12.7 Å². The van der Waals surface area contributed by atoms with Crippen LogP contribution in [-0.4, -0.2) is 37.0 Å². The summed E-state index contributed by atoms with van der Waals surface area (Å²) in [7, 11) is 0. The quantitative estimate of drug-likeness (QED) is 0.439. The van der Waals surface area contributed by atoms with Crippen molar-refractivity contribution in [3.05, 3.63) is 0 Å². The number of hydrogen-bond donors (Lipinski definition) is 2. The number of terminal acetylenes is 1. The minimum atomic E-state index is -0.441. The third-order valence-corrected chi connectivity index (χ3v) is 2.45. The number of unbranched alkanes of at least 4 members (excludes halogenated alkanes) is 1. The van der Waals surface area contributed by atoms with Gasteiger partial charge in [0.2, 0.25) is 0 Å². The van der Waals surface area contributed by atoms with Gasteiger partial charge in [-0.3, -0.25) is 0 Å². The third kappa shape index (κ3) is 8.72. The Kier molecular flexibility index (Phi) is 10.6. The molecule has 3 nitrogen and oxygen atoms in total. The van der Waals surface area contributed by atoms with Crippen LogP contribution in [0.1, 0.15) is 39.5 Å². The van der Waals surface area contributed by atoms with Crippen molar-refractivity contribution in [1.29, 1.82) is 0 Å². The monoisotopic (exact) mass is 227 g/mol. The van der Waals surface area contributed by atoms with Gasteiger partial charge in [-0.2, -0.15) is 0 Å².